The molecule has 0 aliphatic rings. The van der Waals surface area contributed by atoms with E-state index < -0.39 is 0 Å². The number of aryl methyl sites for hydroxylation is 1. The summed E-state index contributed by atoms with van der Waals surface area (Å²) in [5.41, 5.74) is 3.47. The largest absolute Gasteiger partial charge is 0.322 e. The fourth-order valence-electron chi connectivity index (χ4n) is 2.56. The standard InChI is InChI=1S/C18H15Cl2N3O/c1-11-17(12(2)23(22-11)14-6-4-3-5-7-14)18(24)21-13-8-9-15(19)16(20)10-13/h3-10H,1-2H3,(H,21,24). The van der Waals surface area contributed by atoms with Gasteiger partial charge in [0.2, 0.25) is 0 Å². The number of nitrogens with zero attached hydrogens (tertiary/aromatic N) is 2. The molecule has 0 spiro atoms. The molecule has 1 N–H and O–H groups in total. The number of para-hydroxylation sites is 1. The second-order valence-corrected chi connectivity index (χ2v) is 6.19. The maximum atomic E-state index is 12.7. The second kappa shape index (κ2) is 6.67. The molecule has 24 heavy (non-hydrogen) atoms. The van der Waals surface area contributed by atoms with E-state index in [4.69, 9.17) is 23.2 Å². The van der Waals surface area contributed by atoms with Gasteiger partial charge in [-0.2, -0.15) is 5.10 Å². The number of rotatable bonds is 3. The van der Waals surface area contributed by atoms with Crippen LogP contribution in [0.25, 0.3) is 5.69 Å². The normalized spacial score (nSPS) is 10.7. The van der Waals surface area contributed by atoms with Crippen molar-refractivity contribution in [3.05, 3.63) is 75.5 Å². The molecule has 0 radical (unpaired) electrons. The first-order valence-electron chi connectivity index (χ1n) is 7.35. The summed E-state index contributed by atoms with van der Waals surface area (Å²) < 4.78 is 1.76. The van der Waals surface area contributed by atoms with Gasteiger partial charge in [-0.3, -0.25) is 4.79 Å². The Morgan fingerprint density at radius 1 is 1.04 bits per heavy atom. The predicted octanol–water partition coefficient (Wildman–Crippen LogP) is 5.05. The van der Waals surface area contributed by atoms with Crippen LogP contribution in [-0.2, 0) is 0 Å². The summed E-state index contributed by atoms with van der Waals surface area (Å²) >= 11 is 11.9. The number of carbonyl (C=O) groups is 1. The van der Waals surface area contributed by atoms with Gasteiger partial charge in [0, 0.05) is 5.69 Å². The summed E-state index contributed by atoms with van der Waals surface area (Å²) in [7, 11) is 0. The Labute approximate surface area is 150 Å². The van der Waals surface area contributed by atoms with E-state index in [0.717, 1.165) is 11.4 Å². The van der Waals surface area contributed by atoms with Crippen molar-refractivity contribution in [1.82, 2.24) is 9.78 Å². The van der Waals surface area contributed by atoms with E-state index in [2.05, 4.69) is 10.4 Å². The van der Waals surface area contributed by atoms with Gasteiger partial charge in [0.25, 0.3) is 5.91 Å². The van der Waals surface area contributed by atoms with Crippen molar-refractivity contribution in [3.8, 4) is 5.69 Å². The topological polar surface area (TPSA) is 46.9 Å². The van der Waals surface area contributed by atoms with Gasteiger partial charge in [-0.25, -0.2) is 4.68 Å². The highest BCUT2D eigenvalue weighted by Gasteiger charge is 2.19. The van der Waals surface area contributed by atoms with Gasteiger partial charge >= 0.3 is 0 Å². The van der Waals surface area contributed by atoms with Crippen LogP contribution in [0.4, 0.5) is 5.69 Å². The summed E-state index contributed by atoms with van der Waals surface area (Å²) in [6.07, 6.45) is 0. The zero-order valence-corrected chi connectivity index (χ0v) is 14.7. The zero-order valence-electron chi connectivity index (χ0n) is 13.2. The molecule has 0 bridgehead atoms. The number of halogens is 2. The Morgan fingerprint density at radius 2 is 1.75 bits per heavy atom. The Hall–Kier alpha value is -2.30. The van der Waals surface area contributed by atoms with E-state index in [0.29, 0.717) is 27.0 Å². The third-order valence-electron chi connectivity index (χ3n) is 3.70. The number of nitrogens with one attached hydrogen (secondary N) is 1. The van der Waals surface area contributed by atoms with Crippen LogP contribution >= 0.6 is 23.2 Å². The van der Waals surface area contributed by atoms with Crippen LogP contribution in [0.2, 0.25) is 10.0 Å². The van der Waals surface area contributed by atoms with Crippen LogP contribution in [0.3, 0.4) is 0 Å². The zero-order chi connectivity index (χ0) is 17.3. The fourth-order valence-corrected chi connectivity index (χ4v) is 2.86. The van der Waals surface area contributed by atoms with Gasteiger partial charge in [-0.05, 0) is 44.2 Å². The van der Waals surface area contributed by atoms with E-state index in [-0.39, 0.29) is 5.91 Å². The first kappa shape index (κ1) is 16.6. The first-order chi connectivity index (χ1) is 11.5. The quantitative estimate of drug-likeness (QED) is 0.711. The SMILES string of the molecule is Cc1nn(-c2ccccc2)c(C)c1C(=O)Nc1ccc(Cl)c(Cl)c1. The predicted molar refractivity (Wildman–Crippen MR) is 97.5 cm³/mol. The number of benzene rings is 2. The number of aromatic nitrogens is 2. The monoisotopic (exact) mass is 359 g/mol. The summed E-state index contributed by atoms with van der Waals surface area (Å²) in [5.74, 6) is -0.231. The van der Waals surface area contributed by atoms with Crippen LogP contribution < -0.4 is 5.32 Å². The van der Waals surface area contributed by atoms with Crippen LogP contribution in [-0.4, -0.2) is 15.7 Å². The van der Waals surface area contributed by atoms with E-state index in [1.807, 2.05) is 44.2 Å². The maximum Gasteiger partial charge on any atom is 0.259 e. The minimum absolute atomic E-state index is 0.231. The molecule has 0 atom stereocenters. The fraction of sp³-hybridized carbons (Fsp3) is 0.111. The molecular weight excluding hydrogens is 345 g/mol. The van der Waals surface area contributed by atoms with Gasteiger partial charge in [0.05, 0.1) is 32.7 Å². The molecule has 0 unspecified atom stereocenters. The molecule has 2 aromatic carbocycles. The van der Waals surface area contributed by atoms with Crippen molar-refractivity contribution in [1.29, 1.82) is 0 Å². The van der Waals surface area contributed by atoms with Crippen LogP contribution in [0, 0.1) is 13.8 Å². The lowest BCUT2D eigenvalue weighted by Gasteiger charge is -2.07. The Bertz CT molecular complexity index is 904. The molecule has 122 valence electrons. The van der Waals surface area contributed by atoms with Crippen LogP contribution in [0.1, 0.15) is 21.7 Å². The number of anilines is 1. The van der Waals surface area contributed by atoms with Crippen LogP contribution in [0.15, 0.2) is 48.5 Å². The van der Waals surface area contributed by atoms with E-state index in [9.17, 15) is 4.79 Å². The van der Waals surface area contributed by atoms with E-state index in [1.165, 1.54) is 0 Å². The summed E-state index contributed by atoms with van der Waals surface area (Å²) in [5, 5.41) is 8.16. The van der Waals surface area contributed by atoms with E-state index in [1.54, 1.807) is 22.9 Å². The number of carbonyl (C=O) groups excluding carboxylic acids is 1. The maximum absolute atomic E-state index is 12.7. The lowest BCUT2D eigenvalue weighted by molar-refractivity contribution is 0.102. The molecule has 3 aromatic rings. The lowest BCUT2D eigenvalue weighted by atomic mass is 10.1. The highest BCUT2D eigenvalue weighted by molar-refractivity contribution is 6.42. The van der Waals surface area contributed by atoms with Crippen molar-refractivity contribution in [2.24, 2.45) is 0 Å². The smallest absolute Gasteiger partial charge is 0.259 e. The molecule has 6 heteroatoms. The van der Waals surface area contributed by atoms with Crippen molar-refractivity contribution in [2.75, 3.05) is 5.32 Å². The summed E-state index contributed by atoms with van der Waals surface area (Å²) in [6, 6.07) is 14.7. The third-order valence-corrected chi connectivity index (χ3v) is 4.44. The Balaban J connectivity index is 1.93. The van der Waals surface area contributed by atoms with Crippen molar-refractivity contribution in [2.45, 2.75) is 13.8 Å². The number of amides is 1. The first-order valence-corrected chi connectivity index (χ1v) is 8.11. The molecule has 0 aliphatic carbocycles. The third kappa shape index (κ3) is 3.16. The molecule has 1 amide bonds. The van der Waals surface area contributed by atoms with Gasteiger partial charge in [-0.1, -0.05) is 41.4 Å². The molecule has 0 saturated carbocycles. The van der Waals surface area contributed by atoms with Crippen molar-refractivity contribution < 1.29 is 4.79 Å². The molecule has 1 aromatic heterocycles. The van der Waals surface area contributed by atoms with Gasteiger partial charge < -0.3 is 5.32 Å². The second-order valence-electron chi connectivity index (χ2n) is 5.38. The van der Waals surface area contributed by atoms with Crippen molar-refractivity contribution in [3.63, 3.8) is 0 Å². The molecule has 0 aliphatic heterocycles. The van der Waals surface area contributed by atoms with Gasteiger partial charge in [0.1, 0.15) is 0 Å². The molecule has 4 nitrogen and oxygen atoms in total. The Morgan fingerprint density at radius 3 is 2.42 bits per heavy atom. The number of hydrogen-bond acceptors (Lipinski definition) is 2. The highest BCUT2D eigenvalue weighted by Crippen LogP contribution is 2.26. The highest BCUT2D eigenvalue weighted by atomic mass is 35.5. The summed E-state index contributed by atoms with van der Waals surface area (Å²) in [6.45, 7) is 3.69. The number of hydrogen-bond donors (Lipinski definition) is 1. The average Bonchev–Trinajstić information content (AvgIpc) is 2.86. The molecule has 0 fully saturated rings. The van der Waals surface area contributed by atoms with Gasteiger partial charge in [0.15, 0.2) is 0 Å². The van der Waals surface area contributed by atoms with E-state index >= 15 is 0 Å². The average molecular weight is 360 g/mol. The lowest BCUT2D eigenvalue weighted by Crippen LogP contribution is -2.14. The minimum atomic E-state index is -0.231. The molecule has 3 rings (SSSR count). The Kier molecular flexibility index (Phi) is 4.60. The van der Waals surface area contributed by atoms with Crippen LogP contribution in [0.5, 0.6) is 0 Å². The molecular formula is C18H15Cl2N3O. The minimum Gasteiger partial charge on any atom is -0.322 e. The van der Waals surface area contributed by atoms with Crippen molar-refractivity contribution >= 4 is 34.8 Å². The summed E-state index contributed by atoms with van der Waals surface area (Å²) in [4.78, 5) is 12.7. The molecule has 0 saturated heterocycles. The van der Waals surface area contributed by atoms with Gasteiger partial charge in [-0.15, -0.1) is 0 Å². The molecule has 1 heterocycles.